The van der Waals surface area contributed by atoms with Gasteiger partial charge in [0.05, 0.1) is 0 Å². The van der Waals surface area contributed by atoms with Gasteiger partial charge < -0.3 is 10.4 Å². The molecule has 2 heterocycles. The summed E-state index contributed by atoms with van der Waals surface area (Å²) in [6, 6.07) is 1.36. The van der Waals surface area contributed by atoms with E-state index in [9.17, 15) is 4.79 Å². The van der Waals surface area contributed by atoms with Crippen LogP contribution in [0.4, 0.5) is 5.82 Å². The lowest BCUT2D eigenvalue weighted by molar-refractivity contribution is 0.909. The van der Waals surface area contributed by atoms with Gasteiger partial charge >= 0.3 is 0 Å². The molecule has 2 aromatic rings. The van der Waals surface area contributed by atoms with Crippen LogP contribution in [0, 0.1) is 0 Å². The second-order valence-electron chi connectivity index (χ2n) is 3.35. The molecule has 8 heteroatoms. The lowest BCUT2D eigenvalue weighted by Crippen LogP contribution is -2.12. The third kappa shape index (κ3) is 2.66. The maximum atomic E-state index is 11.2. The molecule has 0 aliphatic rings. The van der Waals surface area contributed by atoms with Gasteiger partial charge in [-0.25, -0.2) is 20.8 Å². The molecule has 0 aliphatic heterocycles. The fraction of sp³-hybridized carbons (Fsp3) is 0.200. The Bertz CT molecular complexity index is 599. The molecule has 94 valence electrons. The molecule has 0 saturated carbocycles. The first kappa shape index (κ1) is 12.5. The topological polar surface area (TPSA) is 110 Å². The molecule has 0 spiro atoms. The zero-order valence-electron chi connectivity index (χ0n) is 9.67. The summed E-state index contributed by atoms with van der Waals surface area (Å²) in [6.45, 7) is 1.98. The van der Waals surface area contributed by atoms with Crippen LogP contribution in [0.5, 0.6) is 0 Å². The molecular formula is C10H12N6OS. The Hall–Kier alpha value is -1.93. The molecule has 0 radical (unpaired) electrons. The number of hydrogen-bond donors (Lipinski definition) is 3. The van der Waals surface area contributed by atoms with Crippen molar-refractivity contribution in [1.29, 1.82) is 0 Å². The molecule has 0 amide bonds. The van der Waals surface area contributed by atoms with Crippen LogP contribution in [-0.2, 0) is 6.42 Å². The van der Waals surface area contributed by atoms with Gasteiger partial charge in [0.2, 0.25) is 0 Å². The van der Waals surface area contributed by atoms with Crippen LogP contribution in [-0.4, -0.2) is 19.9 Å². The molecular weight excluding hydrogens is 252 g/mol. The Morgan fingerprint density at radius 1 is 1.44 bits per heavy atom. The van der Waals surface area contributed by atoms with Crippen LogP contribution in [0.15, 0.2) is 33.6 Å². The van der Waals surface area contributed by atoms with Gasteiger partial charge in [0.1, 0.15) is 17.2 Å². The number of nitrogens with two attached hydrogens (primary N) is 1. The van der Waals surface area contributed by atoms with E-state index in [1.54, 1.807) is 0 Å². The highest BCUT2D eigenvalue weighted by atomic mass is 32.2. The number of nitrogen functional groups attached to an aromatic ring is 1. The number of rotatable bonds is 4. The van der Waals surface area contributed by atoms with Crippen molar-refractivity contribution in [1.82, 2.24) is 19.9 Å². The van der Waals surface area contributed by atoms with Gasteiger partial charge in [-0.1, -0.05) is 6.92 Å². The number of nitrogens with zero attached hydrogens (tertiary/aromatic N) is 3. The van der Waals surface area contributed by atoms with Gasteiger partial charge in [0.25, 0.3) is 5.56 Å². The van der Waals surface area contributed by atoms with Crippen LogP contribution < -0.4 is 16.8 Å². The van der Waals surface area contributed by atoms with Crippen molar-refractivity contribution in [2.24, 2.45) is 5.84 Å². The Morgan fingerprint density at radius 2 is 2.28 bits per heavy atom. The third-order valence-electron chi connectivity index (χ3n) is 2.24. The molecule has 0 saturated heterocycles. The highest BCUT2D eigenvalue weighted by Gasteiger charge is 2.11. The number of aromatic nitrogens is 4. The average Bonchev–Trinajstić information content (AvgIpc) is 2.38. The molecule has 2 aromatic heterocycles. The fourth-order valence-electron chi connectivity index (χ4n) is 1.42. The summed E-state index contributed by atoms with van der Waals surface area (Å²) in [7, 11) is 0. The first-order chi connectivity index (χ1) is 8.74. The van der Waals surface area contributed by atoms with Gasteiger partial charge in [-0.05, 0) is 18.2 Å². The van der Waals surface area contributed by atoms with Crippen molar-refractivity contribution in [2.75, 3.05) is 5.43 Å². The third-order valence-corrected chi connectivity index (χ3v) is 3.18. The van der Waals surface area contributed by atoms with E-state index in [1.165, 1.54) is 30.4 Å². The molecule has 7 nitrogen and oxygen atoms in total. The first-order valence-corrected chi connectivity index (χ1v) is 6.10. The largest absolute Gasteiger partial charge is 0.308 e. The zero-order valence-corrected chi connectivity index (χ0v) is 10.5. The second kappa shape index (κ2) is 5.61. The minimum Gasteiger partial charge on any atom is -0.308 e. The quantitative estimate of drug-likeness (QED) is 0.320. The molecule has 2 rings (SSSR count). The van der Waals surface area contributed by atoms with Crippen molar-refractivity contribution in [2.45, 2.75) is 23.5 Å². The van der Waals surface area contributed by atoms with Crippen molar-refractivity contribution >= 4 is 17.6 Å². The van der Waals surface area contributed by atoms with Crippen LogP contribution >= 0.6 is 11.8 Å². The van der Waals surface area contributed by atoms with E-state index in [4.69, 9.17) is 5.84 Å². The molecule has 0 fully saturated rings. The monoisotopic (exact) mass is 264 g/mol. The Labute approximate surface area is 107 Å². The standard InChI is InChI=1S/C10H12N6OS/c1-2-6-8(16-11)13-5-14-9(6)18-10-12-4-3-7(17)15-10/h3-5H,2,11H2,1H3,(H,12,15,17)(H,13,14,16). The number of aromatic amines is 1. The fourth-order valence-corrected chi connectivity index (χ4v) is 2.33. The van der Waals surface area contributed by atoms with Crippen LogP contribution in [0.1, 0.15) is 12.5 Å². The van der Waals surface area contributed by atoms with Crippen LogP contribution in [0.25, 0.3) is 0 Å². The average molecular weight is 264 g/mol. The maximum absolute atomic E-state index is 11.2. The van der Waals surface area contributed by atoms with Gasteiger partial charge in [0, 0.05) is 17.8 Å². The lowest BCUT2D eigenvalue weighted by atomic mass is 10.2. The van der Waals surface area contributed by atoms with E-state index < -0.39 is 0 Å². The van der Waals surface area contributed by atoms with Crippen LogP contribution in [0.2, 0.25) is 0 Å². The number of hydrogen-bond acceptors (Lipinski definition) is 7. The summed E-state index contributed by atoms with van der Waals surface area (Å²) in [5, 5.41) is 1.20. The minimum atomic E-state index is -0.197. The molecule has 18 heavy (non-hydrogen) atoms. The Morgan fingerprint density at radius 3 is 2.94 bits per heavy atom. The summed E-state index contributed by atoms with van der Waals surface area (Å²) in [5.74, 6) is 5.97. The van der Waals surface area contributed by atoms with E-state index in [0.717, 1.165) is 17.0 Å². The van der Waals surface area contributed by atoms with E-state index >= 15 is 0 Å². The number of hydrazine groups is 1. The van der Waals surface area contributed by atoms with Gasteiger partial charge in [-0.15, -0.1) is 0 Å². The number of H-pyrrole nitrogens is 1. The molecule has 4 N–H and O–H groups in total. The first-order valence-electron chi connectivity index (χ1n) is 5.28. The molecule has 0 aromatic carbocycles. The van der Waals surface area contributed by atoms with Gasteiger partial charge in [-0.2, -0.15) is 0 Å². The smallest absolute Gasteiger partial charge is 0.251 e. The molecule has 0 atom stereocenters. The van der Waals surface area contributed by atoms with Crippen LogP contribution in [0.3, 0.4) is 0 Å². The van der Waals surface area contributed by atoms with Crippen molar-refractivity contribution in [3.63, 3.8) is 0 Å². The highest BCUT2D eigenvalue weighted by Crippen LogP contribution is 2.28. The van der Waals surface area contributed by atoms with Crippen molar-refractivity contribution in [3.05, 3.63) is 34.5 Å². The van der Waals surface area contributed by atoms with Gasteiger partial charge in [0.15, 0.2) is 5.16 Å². The minimum absolute atomic E-state index is 0.197. The Balaban J connectivity index is 2.37. The van der Waals surface area contributed by atoms with Crippen molar-refractivity contribution < 1.29 is 0 Å². The summed E-state index contributed by atoms with van der Waals surface area (Å²) in [4.78, 5) is 26.1. The molecule has 0 unspecified atom stereocenters. The number of nitrogens with one attached hydrogen (secondary N) is 2. The van der Waals surface area contributed by atoms with E-state index in [1.807, 2.05) is 6.92 Å². The second-order valence-corrected chi connectivity index (χ2v) is 4.32. The highest BCUT2D eigenvalue weighted by molar-refractivity contribution is 7.99. The van der Waals surface area contributed by atoms with E-state index in [2.05, 4.69) is 25.4 Å². The summed E-state index contributed by atoms with van der Waals surface area (Å²) in [6.07, 6.45) is 3.59. The predicted octanol–water partition coefficient (Wildman–Crippen LogP) is 0.559. The number of anilines is 1. The summed E-state index contributed by atoms with van der Waals surface area (Å²) < 4.78 is 0. The SMILES string of the molecule is CCc1c(NN)ncnc1Sc1nccc(=O)[nH]1. The Kier molecular flexibility index (Phi) is 3.90. The zero-order chi connectivity index (χ0) is 13.0. The molecule has 0 bridgehead atoms. The molecule has 0 aliphatic carbocycles. The maximum Gasteiger partial charge on any atom is 0.251 e. The lowest BCUT2D eigenvalue weighted by Gasteiger charge is -2.09. The van der Waals surface area contributed by atoms with Crippen molar-refractivity contribution in [3.8, 4) is 0 Å². The predicted molar refractivity (Wildman–Crippen MR) is 68.2 cm³/mol. The summed E-state index contributed by atoms with van der Waals surface area (Å²) in [5.41, 5.74) is 3.22. The van der Waals surface area contributed by atoms with E-state index in [0.29, 0.717) is 11.0 Å². The normalized spacial score (nSPS) is 10.3. The summed E-state index contributed by atoms with van der Waals surface area (Å²) >= 11 is 1.27. The van der Waals surface area contributed by atoms with Gasteiger partial charge in [-0.3, -0.25) is 4.79 Å². The van der Waals surface area contributed by atoms with E-state index in [-0.39, 0.29) is 5.56 Å².